The maximum atomic E-state index is 13.3. The monoisotopic (exact) mass is 477 g/mol. The summed E-state index contributed by atoms with van der Waals surface area (Å²) in [5.41, 5.74) is 2.06. The van der Waals surface area contributed by atoms with E-state index in [1.165, 1.54) is 16.3 Å². The van der Waals surface area contributed by atoms with E-state index in [9.17, 15) is 14.4 Å². The third-order valence-electron chi connectivity index (χ3n) is 4.96. The van der Waals surface area contributed by atoms with E-state index >= 15 is 0 Å². The molecule has 0 aliphatic rings. The molecule has 0 radical (unpaired) electrons. The van der Waals surface area contributed by atoms with E-state index in [0.717, 1.165) is 0 Å². The van der Waals surface area contributed by atoms with Crippen LogP contribution in [0.5, 0.6) is 0 Å². The predicted octanol–water partition coefficient (Wildman–Crippen LogP) is 5.36. The van der Waals surface area contributed by atoms with Crippen LogP contribution in [-0.4, -0.2) is 27.0 Å². The molecule has 33 heavy (non-hydrogen) atoms. The molecule has 3 aromatic carbocycles. The van der Waals surface area contributed by atoms with Gasteiger partial charge in [0, 0.05) is 22.7 Å². The lowest BCUT2D eigenvalue weighted by Crippen LogP contribution is -2.22. The summed E-state index contributed by atoms with van der Waals surface area (Å²) < 4.78 is 1.48. The number of halogens is 1. The summed E-state index contributed by atoms with van der Waals surface area (Å²) in [4.78, 5) is 42.3. The van der Waals surface area contributed by atoms with Gasteiger partial charge in [-0.25, -0.2) is 4.98 Å². The molecule has 0 atom stereocenters. The van der Waals surface area contributed by atoms with E-state index in [4.69, 9.17) is 11.6 Å². The maximum absolute atomic E-state index is 13.3. The van der Waals surface area contributed by atoms with Crippen LogP contribution in [0.3, 0.4) is 0 Å². The van der Waals surface area contributed by atoms with Gasteiger partial charge in [-0.15, -0.1) is 0 Å². The van der Waals surface area contributed by atoms with Gasteiger partial charge >= 0.3 is 0 Å². The Morgan fingerprint density at radius 1 is 1.03 bits per heavy atom. The predicted molar refractivity (Wildman–Crippen MR) is 133 cm³/mol. The first-order valence-corrected chi connectivity index (χ1v) is 11.7. The second-order valence-corrected chi connectivity index (χ2v) is 8.60. The number of nitrogens with one attached hydrogen (secondary N) is 1. The second-order valence-electron chi connectivity index (χ2n) is 7.22. The number of hydrogen-bond acceptors (Lipinski definition) is 5. The van der Waals surface area contributed by atoms with E-state index in [1.807, 2.05) is 6.07 Å². The number of benzene rings is 3. The molecular weight excluding hydrogens is 458 g/mol. The van der Waals surface area contributed by atoms with Gasteiger partial charge in [0.2, 0.25) is 5.91 Å². The zero-order valence-corrected chi connectivity index (χ0v) is 19.3. The lowest BCUT2D eigenvalue weighted by atomic mass is 10.1. The highest BCUT2D eigenvalue weighted by molar-refractivity contribution is 7.99. The minimum Gasteiger partial charge on any atom is -0.326 e. The van der Waals surface area contributed by atoms with Crippen LogP contribution in [0.25, 0.3) is 16.6 Å². The van der Waals surface area contributed by atoms with E-state index in [2.05, 4.69) is 10.3 Å². The highest BCUT2D eigenvalue weighted by Gasteiger charge is 2.16. The number of para-hydroxylation sites is 1. The molecule has 1 N–H and O–H groups in total. The number of rotatable bonds is 7. The smallest absolute Gasteiger partial charge is 0.266 e. The van der Waals surface area contributed by atoms with Crippen LogP contribution in [-0.2, 0) is 4.79 Å². The van der Waals surface area contributed by atoms with Crippen LogP contribution in [0.4, 0.5) is 5.69 Å². The van der Waals surface area contributed by atoms with Crippen molar-refractivity contribution in [3.8, 4) is 5.69 Å². The van der Waals surface area contributed by atoms with E-state index in [-0.39, 0.29) is 23.0 Å². The third-order valence-corrected chi connectivity index (χ3v) is 6.13. The van der Waals surface area contributed by atoms with Crippen molar-refractivity contribution >= 4 is 51.6 Å². The number of amides is 1. The van der Waals surface area contributed by atoms with Crippen LogP contribution >= 0.6 is 23.4 Å². The summed E-state index contributed by atoms with van der Waals surface area (Å²) in [6, 6.07) is 20.8. The molecule has 0 spiro atoms. The summed E-state index contributed by atoms with van der Waals surface area (Å²) >= 11 is 7.34. The molecule has 0 aliphatic carbocycles. The Labute approximate surface area is 199 Å². The Balaban J connectivity index is 1.63. The Morgan fingerprint density at radius 2 is 1.79 bits per heavy atom. The summed E-state index contributed by atoms with van der Waals surface area (Å²) in [7, 11) is 0. The zero-order chi connectivity index (χ0) is 23.4. The first-order chi connectivity index (χ1) is 16.0. The minimum absolute atomic E-state index is 0.0893. The first-order valence-electron chi connectivity index (χ1n) is 10.3. The van der Waals surface area contributed by atoms with Crippen molar-refractivity contribution in [1.82, 2.24) is 9.55 Å². The van der Waals surface area contributed by atoms with Crippen LogP contribution < -0.4 is 10.9 Å². The normalized spacial score (nSPS) is 10.8. The second kappa shape index (κ2) is 10.0. The van der Waals surface area contributed by atoms with Crippen LogP contribution in [0.15, 0.2) is 82.7 Å². The average Bonchev–Trinajstić information content (AvgIpc) is 2.83. The summed E-state index contributed by atoms with van der Waals surface area (Å²) in [5, 5.41) is 4.14. The molecule has 1 aromatic heterocycles. The van der Waals surface area contributed by atoms with Crippen molar-refractivity contribution < 1.29 is 9.59 Å². The van der Waals surface area contributed by atoms with Crippen molar-refractivity contribution in [2.45, 2.75) is 18.5 Å². The Kier molecular flexibility index (Phi) is 6.91. The van der Waals surface area contributed by atoms with E-state index in [1.54, 1.807) is 73.7 Å². The van der Waals surface area contributed by atoms with Gasteiger partial charge in [-0.05, 0) is 54.6 Å². The molecule has 8 heteroatoms. The van der Waals surface area contributed by atoms with Crippen molar-refractivity contribution in [2.24, 2.45) is 0 Å². The lowest BCUT2D eigenvalue weighted by molar-refractivity contribution is -0.115. The fraction of sp³-hybridized carbons (Fsp3) is 0.120. The van der Waals surface area contributed by atoms with Gasteiger partial charge in [-0.1, -0.05) is 48.5 Å². The van der Waals surface area contributed by atoms with Gasteiger partial charge in [0.05, 0.1) is 22.3 Å². The Bertz CT molecular complexity index is 1400. The van der Waals surface area contributed by atoms with Crippen molar-refractivity contribution in [3.63, 3.8) is 0 Å². The molecule has 1 heterocycles. The number of aromatic nitrogens is 2. The third kappa shape index (κ3) is 5.16. The standard InChI is InChI=1S/C25H20ClN3O3S/c1-2-23(31)27-18-12-10-16(11-13-18)22(30)15-33-25-28-21-9-4-3-8-20(21)24(32)29(25)19-7-5-6-17(26)14-19/h3-14H,2,15H2,1H3,(H,27,31). The molecule has 166 valence electrons. The topological polar surface area (TPSA) is 81.1 Å². The molecule has 0 bridgehead atoms. The van der Waals surface area contributed by atoms with Crippen LogP contribution in [0, 0.1) is 0 Å². The summed E-state index contributed by atoms with van der Waals surface area (Å²) in [6.07, 6.45) is 0.379. The summed E-state index contributed by atoms with van der Waals surface area (Å²) in [5.74, 6) is -0.120. The quantitative estimate of drug-likeness (QED) is 0.220. The largest absolute Gasteiger partial charge is 0.326 e. The summed E-state index contributed by atoms with van der Waals surface area (Å²) in [6.45, 7) is 1.77. The van der Waals surface area contributed by atoms with Crippen molar-refractivity contribution in [3.05, 3.63) is 93.7 Å². The number of carbonyl (C=O) groups excluding carboxylic acids is 2. The number of nitrogens with zero attached hydrogens (tertiary/aromatic N) is 2. The van der Waals surface area contributed by atoms with Gasteiger partial charge in [0.1, 0.15) is 0 Å². The SMILES string of the molecule is CCC(=O)Nc1ccc(C(=O)CSc2nc3ccccc3c(=O)n2-c2cccc(Cl)c2)cc1. The average molecular weight is 478 g/mol. The first kappa shape index (κ1) is 22.8. The molecule has 4 rings (SSSR count). The van der Waals surface area contributed by atoms with Crippen LogP contribution in [0.1, 0.15) is 23.7 Å². The molecule has 1 amide bonds. The number of fused-ring (bicyclic) bond motifs is 1. The van der Waals surface area contributed by atoms with Crippen molar-refractivity contribution in [1.29, 1.82) is 0 Å². The number of thioether (sulfide) groups is 1. The number of Topliss-reactive ketones (excluding diaryl/α,β-unsaturated/α-hetero) is 1. The zero-order valence-electron chi connectivity index (χ0n) is 17.7. The van der Waals surface area contributed by atoms with Crippen LogP contribution in [0.2, 0.25) is 5.02 Å². The molecule has 0 saturated carbocycles. The number of ketones is 1. The molecule has 0 fully saturated rings. The minimum atomic E-state index is -0.228. The molecule has 0 unspecified atom stereocenters. The Morgan fingerprint density at radius 3 is 2.52 bits per heavy atom. The van der Waals surface area contributed by atoms with Gasteiger partial charge in [0.25, 0.3) is 5.56 Å². The molecule has 4 aromatic rings. The highest BCUT2D eigenvalue weighted by Crippen LogP contribution is 2.24. The lowest BCUT2D eigenvalue weighted by Gasteiger charge is -2.13. The fourth-order valence-corrected chi connectivity index (χ4v) is 4.35. The molecule has 6 nitrogen and oxygen atoms in total. The van der Waals surface area contributed by atoms with Crippen molar-refractivity contribution in [2.75, 3.05) is 11.1 Å². The highest BCUT2D eigenvalue weighted by atomic mass is 35.5. The number of anilines is 1. The number of hydrogen-bond donors (Lipinski definition) is 1. The van der Waals surface area contributed by atoms with Gasteiger partial charge in [0.15, 0.2) is 10.9 Å². The molecule has 0 aliphatic heterocycles. The maximum Gasteiger partial charge on any atom is 0.266 e. The van der Waals surface area contributed by atoms with Gasteiger partial charge in [-0.2, -0.15) is 0 Å². The van der Waals surface area contributed by atoms with E-state index in [0.29, 0.717) is 44.4 Å². The van der Waals surface area contributed by atoms with Gasteiger partial charge < -0.3 is 5.32 Å². The fourth-order valence-electron chi connectivity index (χ4n) is 3.25. The molecular formula is C25H20ClN3O3S. The Hall–Kier alpha value is -3.42. The molecule has 0 saturated heterocycles. The number of carbonyl (C=O) groups is 2. The van der Waals surface area contributed by atoms with Gasteiger partial charge in [-0.3, -0.25) is 19.0 Å². The van der Waals surface area contributed by atoms with E-state index < -0.39 is 0 Å².